The Labute approximate surface area is 244 Å². The summed E-state index contributed by atoms with van der Waals surface area (Å²) in [7, 11) is 0. The summed E-state index contributed by atoms with van der Waals surface area (Å²) in [5, 5.41) is 7.91. The van der Waals surface area contributed by atoms with Crippen LogP contribution < -0.4 is 0 Å². The highest BCUT2D eigenvalue weighted by molar-refractivity contribution is 7.22. The molecule has 2 heterocycles. The van der Waals surface area contributed by atoms with Gasteiger partial charge in [-0.15, -0.1) is 22.7 Å². The Kier molecular flexibility index (Phi) is 5.75. The van der Waals surface area contributed by atoms with Crippen molar-refractivity contribution in [2.75, 3.05) is 0 Å². The Morgan fingerprint density at radius 1 is 0.425 bits per heavy atom. The number of benzene rings is 5. The van der Waals surface area contributed by atoms with Crippen molar-refractivity contribution in [3.63, 3.8) is 0 Å². The van der Waals surface area contributed by atoms with E-state index in [2.05, 4.69) is 139 Å². The molecule has 0 bridgehead atoms. The van der Waals surface area contributed by atoms with Crippen LogP contribution in [0.3, 0.4) is 0 Å². The summed E-state index contributed by atoms with van der Waals surface area (Å²) in [6.07, 6.45) is 0. The lowest BCUT2D eigenvalue weighted by atomic mass is 9.89. The van der Waals surface area contributed by atoms with Crippen LogP contribution in [0.15, 0.2) is 97.1 Å². The van der Waals surface area contributed by atoms with Gasteiger partial charge in [0, 0.05) is 41.1 Å². The molecule has 0 nitrogen and oxygen atoms in total. The molecular weight excluding hydrogens is 521 g/mol. The topological polar surface area (TPSA) is 0 Å². The number of hydrogen-bond donors (Lipinski definition) is 0. The molecule has 7 aromatic rings. The standard InChI is InChI=1S/C38H34S2/c1-37(2,3)31-21-29-33(27-17-15-23-11-7-9-13-25(23)19-27)36-30(22-32(40-36)38(4,5)6)34(35(29)39-31)28-18-16-24-12-8-10-14-26(24)20-28/h7-22H,1-6H3. The quantitative estimate of drug-likeness (QED) is 0.199. The molecule has 0 saturated heterocycles. The first-order valence-corrected chi connectivity index (χ1v) is 15.7. The first-order chi connectivity index (χ1) is 19.1. The molecule has 0 saturated carbocycles. The average molecular weight is 555 g/mol. The summed E-state index contributed by atoms with van der Waals surface area (Å²) >= 11 is 3.96. The van der Waals surface area contributed by atoms with Crippen molar-refractivity contribution < 1.29 is 0 Å². The number of hydrogen-bond acceptors (Lipinski definition) is 2. The SMILES string of the molecule is CC(C)(C)c1cc2c(-c3ccc4ccccc4c3)c3sc(C(C)(C)C)cc3c(-c3ccc4ccccc4c3)c2s1. The molecule has 0 fully saturated rings. The normalized spacial score (nSPS) is 12.8. The van der Waals surface area contributed by atoms with Gasteiger partial charge in [-0.3, -0.25) is 0 Å². The van der Waals surface area contributed by atoms with Gasteiger partial charge in [0.15, 0.2) is 0 Å². The predicted octanol–water partition coefficient (Wildman–Crippen LogP) is 12.4. The highest BCUT2D eigenvalue weighted by Gasteiger charge is 2.27. The van der Waals surface area contributed by atoms with Gasteiger partial charge in [-0.25, -0.2) is 0 Å². The van der Waals surface area contributed by atoms with E-state index in [0.717, 1.165) is 0 Å². The first kappa shape index (κ1) is 25.5. The maximum atomic E-state index is 2.49. The van der Waals surface area contributed by atoms with Crippen molar-refractivity contribution in [2.24, 2.45) is 0 Å². The minimum Gasteiger partial charge on any atom is -0.139 e. The zero-order valence-corrected chi connectivity index (χ0v) is 25.7. The fourth-order valence-corrected chi connectivity index (χ4v) is 8.38. The van der Waals surface area contributed by atoms with Crippen molar-refractivity contribution in [2.45, 2.75) is 52.4 Å². The van der Waals surface area contributed by atoms with Crippen LogP contribution in [0.4, 0.5) is 0 Å². The van der Waals surface area contributed by atoms with E-state index in [0.29, 0.717) is 0 Å². The summed E-state index contributed by atoms with van der Waals surface area (Å²) in [6.45, 7) is 14.0. The third-order valence-electron chi connectivity index (χ3n) is 8.01. The van der Waals surface area contributed by atoms with Gasteiger partial charge < -0.3 is 0 Å². The van der Waals surface area contributed by atoms with Gasteiger partial charge in [0.1, 0.15) is 0 Å². The highest BCUT2D eigenvalue weighted by Crippen LogP contribution is 2.52. The first-order valence-electron chi connectivity index (χ1n) is 14.1. The maximum Gasteiger partial charge on any atom is 0.0437 e. The van der Waals surface area contributed by atoms with Gasteiger partial charge in [-0.2, -0.15) is 0 Å². The minimum atomic E-state index is 0.0784. The summed E-state index contributed by atoms with van der Waals surface area (Å²) in [5.74, 6) is 0. The molecule has 0 amide bonds. The van der Waals surface area contributed by atoms with Gasteiger partial charge in [0.25, 0.3) is 0 Å². The number of fused-ring (bicyclic) bond motifs is 4. The predicted molar refractivity (Wildman–Crippen MR) is 180 cm³/mol. The second-order valence-corrected chi connectivity index (χ2v) is 15.2. The molecule has 0 unspecified atom stereocenters. The molecule has 40 heavy (non-hydrogen) atoms. The van der Waals surface area contributed by atoms with Gasteiger partial charge in [0.2, 0.25) is 0 Å². The van der Waals surface area contributed by atoms with E-state index in [-0.39, 0.29) is 10.8 Å². The monoisotopic (exact) mass is 554 g/mol. The van der Waals surface area contributed by atoms with Gasteiger partial charge in [-0.1, -0.05) is 114 Å². The van der Waals surface area contributed by atoms with E-state index in [1.165, 1.54) is 73.7 Å². The largest absolute Gasteiger partial charge is 0.139 e. The van der Waals surface area contributed by atoms with Crippen LogP contribution >= 0.6 is 22.7 Å². The van der Waals surface area contributed by atoms with E-state index in [9.17, 15) is 0 Å². The van der Waals surface area contributed by atoms with E-state index in [4.69, 9.17) is 0 Å². The van der Waals surface area contributed by atoms with Gasteiger partial charge >= 0.3 is 0 Å². The molecular formula is C38H34S2. The van der Waals surface area contributed by atoms with Crippen molar-refractivity contribution in [1.82, 2.24) is 0 Å². The van der Waals surface area contributed by atoms with Crippen LogP contribution in [0.25, 0.3) is 64.0 Å². The Hall–Kier alpha value is -3.46. The molecule has 0 radical (unpaired) electrons. The third kappa shape index (κ3) is 4.17. The van der Waals surface area contributed by atoms with E-state index < -0.39 is 0 Å². The van der Waals surface area contributed by atoms with Crippen molar-refractivity contribution >= 4 is 64.4 Å². The summed E-state index contributed by atoms with van der Waals surface area (Å²) in [5.41, 5.74) is 5.53. The lowest BCUT2D eigenvalue weighted by Crippen LogP contribution is -2.07. The van der Waals surface area contributed by atoms with Crippen molar-refractivity contribution in [3.8, 4) is 22.3 Å². The fourth-order valence-electron chi connectivity index (χ4n) is 5.77. The van der Waals surface area contributed by atoms with Crippen LogP contribution in [0.5, 0.6) is 0 Å². The van der Waals surface area contributed by atoms with Crippen LogP contribution in [0.1, 0.15) is 51.3 Å². The minimum absolute atomic E-state index is 0.0784. The van der Waals surface area contributed by atoms with Crippen LogP contribution in [-0.4, -0.2) is 0 Å². The van der Waals surface area contributed by atoms with Crippen LogP contribution in [0, 0.1) is 0 Å². The average Bonchev–Trinajstić information content (AvgIpc) is 3.56. The van der Waals surface area contributed by atoms with E-state index in [1.54, 1.807) is 0 Å². The summed E-state index contributed by atoms with van der Waals surface area (Å²) in [4.78, 5) is 2.86. The third-order valence-corrected chi connectivity index (χ3v) is 11.2. The zero-order chi connectivity index (χ0) is 27.8. The Balaban J connectivity index is 1.65. The summed E-state index contributed by atoms with van der Waals surface area (Å²) in [6, 6.07) is 36.4. The van der Waals surface area contributed by atoms with Crippen LogP contribution in [-0.2, 0) is 10.8 Å². The molecule has 5 aromatic carbocycles. The molecule has 2 heteroatoms. The molecule has 0 aliphatic rings. The molecule has 0 aliphatic carbocycles. The molecule has 7 rings (SSSR count). The fraction of sp³-hybridized carbons (Fsp3) is 0.211. The lowest BCUT2D eigenvalue weighted by Gasteiger charge is -2.15. The Morgan fingerprint density at radius 3 is 1.18 bits per heavy atom. The van der Waals surface area contributed by atoms with Crippen molar-refractivity contribution in [1.29, 1.82) is 0 Å². The molecule has 2 aromatic heterocycles. The Morgan fingerprint density at radius 2 is 0.800 bits per heavy atom. The lowest BCUT2D eigenvalue weighted by molar-refractivity contribution is 0.604. The van der Waals surface area contributed by atoms with Gasteiger partial charge in [-0.05, 0) is 67.8 Å². The highest BCUT2D eigenvalue weighted by atomic mass is 32.1. The maximum absolute atomic E-state index is 2.49. The zero-order valence-electron chi connectivity index (χ0n) is 24.1. The molecule has 0 spiro atoms. The summed E-state index contributed by atoms with van der Waals surface area (Å²) < 4.78 is 2.79. The van der Waals surface area contributed by atoms with E-state index >= 15 is 0 Å². The van der Waals surface area contributed by atoms with E-state index in [1.807, 2.05) is 22.7 Å². The van der Waals surface area contributed by atoms with Crippen molar-refractivity contribution in [3.05, 3.63) is 107 Å². The number of rotatable bonds is 2. The Bertz CT molecular complexity index is 1870. The van der Waals surface area contributed by atoms with Crippen LogP contribution in [0.2, 0.25) is 0 Å². The molecule has 0 aliphatic heterocycles. The molecule has 0 atom stereocenters. The molecule has 0 N–H and O–H groups in total. The van der Waals surface area contributed by atoms with Gasteiger partial charge in [0.05, 0.1) is 0 Å². The second kappa shape index (κ2) is 9.03. The smallest absolute Gasteiger partial charge is 0.0437 e. The molecule has 198 valence electrons. The number of thiophene rings is 2. The second-order valence-electron chi connectivity index (χ2n) is 13.1.